The molecule has 0 saturated carbocycles. The Labute approximate surface area is 166 Å². The van der Waals surface area contributed by atoms with Crippen LogP contribution in [0.3, 0.4) is 0 Å². The number of nitrogens with one attached hydrogen (secondary N) is 2. The summed E-state index contributed by atoms with van der Waals surface area (Å²) in [6, 6.07) is 17.3. The van der Waals surface area contributed by atoms with E-state index in [4.69, 9.17) is 0 Å². The number of thiophene rings is 1. The fourth-order valence-corrected chi connectivity index (χ4v) is 4.92. The molecule has 1 aromatic heterocycles. The van der Waals surface area contributed by atoms with Crippen LogP contribution in [0.25, 0.3) is 5.70 Å². The summed E-state index contributed by atoms with van der Waals surface area (Å²) in [7, 11) is -3.61. The number of sulfonamides is 1. The van der Waals surface area contributed by atoms with Crippen LogP contribution in [0.5, 0.6) is 0 Å². The number of nitrogens with zero attached hydrogens (tertiary/aromatic N) is 1. The van der Waals surface area contributed by atoms with E-state index in [0.29, 0.717) is 11.3 Å². The van der Waals surface area contributed by atoms with E-state index in [2.05, 4.69) is 15.2 Å². The molecule has 0 fully saturated rings. The molecule has 8 heteroatoms. The highest BCUT2D eigenvalue weighted by Crippen LogP contribution is 2.25. The first-order valence-electron chi connectivity index (χ1n) is 8.49. The molecular formula is C20H16N3O3S2-. The molecule has 6 nitrogen and oxygen atoms in total. The molecule has 1 aliphatic carbocycles. The predicted octanol–water partition coefficient (Wildman–Crippen LogP) is 2.76. The lowest BCUT2D eigenvalue weighted by atomic mass is 10.1. The lowest BCUT2D eigenvalue weighted by molar-refractivity contribution is -0.213. The van der Waals surface area contributed by atoms with Gasteiger partial charge >= 0.3 is 0 Å². The summed E-state index contributed by atoms with van der Waals surface area (Å²) in [6.07, 6.45) is 2.80. The standard InChI is InChI=1S/C20H17N3O3S2/c24-20(22-21-18-12-9-14-4-1-2-5-17(14)18)15-7-10-16(11-8-15)23-28(25,26)19-6-3-13-27-19/h1-8,10-13,21,23H,9H2,(H,22,24)/p-1. The van der Waals surface area contributed by atoms with Gasteiger partial charge < -0.3 is 5.11 Å². The Kier molecular flexibility index (Phi) is 4.89. The zero-order valence-electron chi connectivity index (χ0n) is 14.6. The molecule has 3 aromatic rings. The smallest absolute Gasteiger partial charge is 0.271 e. The zero-order chi connectivity index (χ0) is 19.6. The highest BCUT2D eigenvalue weighted by atomic mass is 32.2. The van der Waals surface area contributed by atoms with E-state index in [1.54, 1.807) is 11.4 Å². The summed E-state index contributed by atoms with van der Waals surface area (Å²) >= 11 is 1.14. The Balaban J connectivity index is 1.44. The van der Waals surface area contributed by atoms with Crippen LogP contribution in [0.15, 0.2) is 81.4 Å². The van der Waals surface area contributed by atoms with Crippen LogP contribution in [0.4, 0.5) is 5.69 Å². The van der Waals surface area contributed by atoms with E-state index in [1.165, 1.54) is 35.9 Å². The lowest BCUT2D eigenvalue weighted by Crippen LogP contribution is -2.22. The molecule has 4 rings (SSSR count). The molecule has 0 spiro atoms. The summed E-state index contributed by atoms with van der Waals surface area (Å²) in [5.41, 5.74) is 6.61. The van der Waals surface area contributed by atoms with Gasteiger partial charge in [-0.3, -0.25) is 10.1 Å². The van der Waals surface area contributed by atoms with E-state index < -0.39 is 15.9 Å². The van der Waals surface area contributed by atoms with Crippen molar-refractivity contribution in [2.45, 2.75) is 10.6 Å². The third-order valence-electron chi connectivity index (χ3n) is 4.26. The van der Waals surface area contributed by atoms with Gasteiger partial charge in [0.25, 0.3) is 10.0 Å². The van der Waals surface area contributed by atoms with Crippen molar-refractivity contribution >= 4 is 38.6 Å². The van der Waals surface area contributed by atoms with E-state index in [-0.39, 0.29) is 4.21 Å². The van der Waals surface area contributed by atoms with E-state index in [9.17, 15) is 13.5 Å². The van der Waals surface area contributed by atoms with Crippen LogP contribution in [0.2, 0.25) is 0 Å². The summed E-state index contributed by atoms with van der Waals surface area (Å²) in [5.74, 6) is -0.432. The maximum atomic E-state index is 12.3. The quantitative estimate of drug-likeness (QED) is 0.371. The Morgan fingerprint density at radius 1 is 1.04 bits per heavy atom. The minimum Gasteiger partial charge on any atom is -0.857 e. The van der Waals surface area contributed by atoms with Crippen LogP contribution in [0.1, 0.15) is 16.7 Å². The van der Waals surface area contributed by atoms with Crippen LogP contribution in [-0.2, 0) is 16.4 Å². The van der Waals surface area contributed by atoms with Crippen LogP contribution < -0.4 is 15.3 Å². The number of fused-ring (bicyclic) bond motifs is 1. The molecule has 2 aromatic carbocycles. The molecule has 28 heavy (non-hydrogen) atoms. The molecule has 0 amide bonds. The minimum absolute atomic E-state index is 0.233. The largest absolute Gasteiger partial charge is 0.857 e. The van der Waals surface area contributed by atoms with Gasteiger partial charge in [0.05, 0.1) is 5.70 Å². The average Bonchev–Trinajstić information content (AvgIpc) is 3.37. The molecule has 2 N–H and O–H groups in total. The molecule has 0 unspecified atom stereocenters. The van der Waals surface area contributed by atoms with Gasteiger partial charge in [-0.25, -0.2) is 8.42 Å². The van der Waals surface area contributed by atoms with Crippen molar-refractivity contribution in [2.75, 3.05) is 4.72 Å². The van der Waals surface area contributed by atoms with Crippen molar-refractivity contribution in [1.29, 1.82) is 0 Å². The maximum absolute atomic E-state index is 12.3. The number of hydrogen-bond acceptors (Lipinski definition) is 6. The second kappa shape index (κ2) is 7.49. The number of allylic oxidation sites excluding steroid dienone is 1. The Morgan fingerprint density at radius 2 is 1.82 bits per heavy atom. The van der Waals surface area contributed by atoms with Crippen molar-refractivity contribution in [3.05, 3.63) is 88.8 Å². The molecular weight excluding hydrogens is 394 g/mol. The maximum Gasteiger partial charge on any atom is 0.271 e. The van der Waals surface area contributed by atoms with Crippen LogP contribution in [-0.4, -0.2) is 14.3 Å². The first-order valence-corrected chi connectivity index (χ1v) is 10.9. The summed E-state index contributed by atoms with van der Waals surface area (Å²) in [4.78, 5) is 0. The third kappa shape index (κ3) is 3.78. The van der Waals surface area contributed by atoms with E-state index in [1.807, 2.05) is 30.3 Å². The van der Waals surface area contributed by atoms with Crippen molar-refractivity contribution in [1.82, 2.24) is 5.43 Å². The average molecular weight is 411 g/mol. The fourth-order valence-electron chi connectivity index (χ4n) is 2.87. The number of hydrazone groups is 1. The minimum atomic E-state index is -3.61. The van der Waals surface area contributed by atoms with Crippen molar-refractivity contribution in [3.8, 4) is 0 Å². The van der Waals surface area contributed by atoms with Crippen LogP contribution in [0, 0.1) is 0 Å². The molecule has 0 aliphatic heterocycles. The van der Waals surface area contributed by atoms with Crippen molar-refractivity contribution in [2.24, 2.45) is 5.10 Å². The first-order chi connectivity index (χ1) is 13.5. The second-order valence-electron chi connectivity index (χ2n) is 6.12. The molecule has 0 atom stereocenters. The van der Waals surface area contributed by atoms with Gasteiger partial charge in [0.2, 0.25) is 0 Å². The topological polar surface area (TPSA) is 93.6 Å². The molecule has 1 aliphatic rings. The second-order valence-corrected chi connectivity index (χ2v) is 8.98. The monoisotopic (exact) mass is 410 g/mol. The summed E-state index contributed by atoms with van der Waals surface area (Å²) in [5, 5.41) is 17.9. The number of rotatable bonds is 6. The molecule has 142 valence electrons. The Morgan fingerprint density at radius 3 is 2.57 bits per heavy atom. The van der Waals surface area contributed by atoms with E-state index >= 15 is 0 Å². The SMILES string of the molecule is O=S(=O)(Nc1ccc(C([O-])=NNC2=CCc3ccccc32)cc1)c1cccs1. The number of hydrogen-bond donors (Lipinski definition) is 2. The highest BCUT2D eigenvalue weighted by molar-refractivity contribution is 7.94. The first kappa shape index (κ1) is 18.3. The van der Waals surface area contributed by atoms with Gasteiger partial charge in [-0.2, -0.15) is 5.10 Å². The van der Waals surface area contributed by atoms with Crippen molar-refractivity contribution in [3.63, 3.8) is 0 Å². The molecule has 0 radical (unpaired) electrons. The highest BCUT2D eigenvalue weighted by Gasteiger charge is 2.15. The predicted molar refractivity (Wildman–Crippen MR) is 109 cm³/mol. The number of benzene rings is 2. The summed E-state index contributed by atoms with van der Waals surface area (Å²) < 4.78 is 27.2. The summed E-state index contributed by atoms with van der Waals surface area (Å²) in [6.45, 7) is 0. The van der Waals surface area contributed by atoms with Gasteiger partial charge in [-0.05, 0) is 41.1 Å². The van der Waals surface area contributed by atoms with Gasteiger partial charge in [-0.15, -0.1) is 11.3 Å². The fraction of sp³-hybridized carbons (Fsp3) is 0.0500. The van der Waals surface area contributed by atoms with Gasteiger partial charge in [-0.1, -0.05) is 48.5 Å². The molecule has 1 heterocycles. The van der Waals surface area contributed by atoms with E-state index in [0.717, 1.165) is 29.0 Å². The molecule has 0 saturated heterocycles. The van der Waals surface area contributed by atoms with Gasteiger partial charge in [0.15, 0.2) is 0 Å². The molecule has 0 bridgehead atoms. The Bertz CT molecular complexity index is 1150. The van der Waals surface area contributed by atoms with Crippen LogP contribution >= 0.6 is 11.3 Å². The number of anilines is 1. The van der Waals surface area contributed by atoms with Gasteiger partial charge in [0.1, 0.15) is 4.21 Å². The Hall–Kier alpha value is -3.10. The lowest BCUT2D eigenvalue weighted by Gasteiger charge is -2.13. The zero-order valence-corrected chi connectivity index (χ0v) is 16.3. The van der Waals surface area contributed by atoms with Gasteiger partial charge in [0, 0.05) is 17.1 Å². The normalized spacial score (nSPS) is 13.7. The third-order valence-corrected chi connectivity index (χ3v) is 7.03. The van der Waals surface area contributed by atoms with Crippen molar-refractivity contribution < 1.29 is 13.5 Å².